The van der Waals surface area contributed by atoms with Gasteiger partial charge >= 0.3 is 0 Å². The van der Waals surface area contributed by atoms with Crippen molar-refractivity contribution in [1.29, 1.82) is 0 Å². The average molecular weight is 271 g/mol. The summed E-state index contributed by atoms with van der Waals surface area (Å²) >= 11 is 0. The maximum absolute atomic E-state index is 11.7. The van der Waals surface area contributed by atoms with E-state index in [1.807, 2.05) is 0 Å². The zero-order valence-electron chi connectivity index (χ0n) is 11.2. The van der Waals surface area contributed by atoms with Crippen molar-refractivity contribution in [3.05, 3.63) is 0 Å². The van der Waals surface area contributed by atoms with Crippen LogP contribution in [0.15, 0.2) is 0 Å². The molecule has 0 radical (unpaired) electrons. The van der Waals surface area contributed by atoms with Crippen molar-refractivity contribution in [3.8, 4) is 0 Å². The molecule has 104 valence electrons. The molecule has 3 rings (SSSR count). The summed E-state index contributed by atoms with van der Waals surface area (Å²) in [6.07, 6.45) is 9.27. The van der Waals surface area contributed by atoms with Crippen LogP contribution in [0.5, 0.6) is 0 Å². The van der Waals surface area contributed by atoms with Crippen LogP contribution in [0.25, 0.3) is 0 Å². The normalized spacial score (nSPS) is 45.6. The van der Waals surface area contributed by atoms with Crippen molar-refractivity contribution in [2.24, 2.45) is 29.4 Å². The number of hydrogen-bond acceptors (Lipinski definition) is 3. The van der Waals surface area contributed by atoms with Crippen LogP contribution in [0.4, 0.5) is 0 Å². The molecule has 3 aliphatic rings. The Balaban J connectivity index is 1.61. The number of hydrogen-bond donors (Lipinski definition) is 1. The van der Waals surface area contributed by atoms with E-state index in [4.69, 9.17) is 5.73 Å². The van der Waals surface area contributed by atoms with Crippen molar-refractivity contribution in [2.75, 3.05) is 6.26 Å². The molecule has 0 aliphatic heterocycles. The van der Waals surface area contributed by atoms with Crippen LogP contribution in [-0.2, 0) is 9.84 Å². The standard InChI is InChI=1S/C14H25NO2S/c1-18(16,17)13-4-2-3-9(8-13)14(15)12-6-10-5-11(10)7-12/h9-14H,2-8,15H2,1H3. The van der Waals surface area contributed by atoms with Crippen LogP contribution < -0.4 is 5.73 Å². The molecule has 3 aliphatic carbocycles. The summed E-state index contributed by atoms with van der Waals surface area (Å²) in [6, 6.07) is 0.252. The molecule has 3 saturated carbocycles. The molecule has 0 saturated heterocycles. The Morgan fingerprint density at radius 1 is 1.00 bits per heavy atom. The predicted molar refractivity (Wildman–Crippen MR) is 72.9 cm³/mol. The first-order valence-electron chi connectivity index (χ1n) is 7.39. The third-order valence-electron chi connectivity index (χ3n) is 5.64. The van der Waals surface area contributed by atoms with Crippen LogP contribution in [0.1, 0.15) is 44.9 Å². The molecular formula is C14H25NO2S. The average Bonchev–Trinajstić information content (AvgIpc) is 2.94. The van der Waals surface area contributed by atoms with Gasteiger partial charge in [0.25, 0.3) is 0 Å². The van der Waals surface area contributed by atoms with Gasteiger partial charge in [-0.25, -0.2) is 8.42 Å². The van der Waals surface area contributed by atoms with Gasteiger partial charge in [-0.2, -0.15) is 0 Å². The summed E-state index contributed by atoms with van der Waals surface area (Å²) in [5, 5.41) is -0.127. The minimum absolute atomic E-state index is 0.127. The molecule has 18 heavy (non-hydrogen) atoms. The van der Waals surface area contributed by atoms with Crippen molar-refractivity contribution in [1.82, 2.24) is 0 Å². The van der Waals surface area contributed by atoms with Gasteiger partial charge in [-0.1, -0.05) is 6.42 Å². The number of sulfone groups is 1. The van der Waals surface area contributed by atoms with Gasteiger partial charge in [0.2, 0.25) is 0 Å². The van der Waals surface area contributed by atoms with Gasteiger partial charge in [0.05, 0.1) is 5.25 Å². The van der Waals surface area contributed by atoms with Crippen molar-refractivity contribution in [2.45, 2.75) is 56.2 Å². The maximum Gasteiger partial charge on any atom is 0.150 e. The molecule has 2 N–H and O–H groups in total. The van der Waals surface area contributed by atoms with Gasteiger partial charge in [0.1, 0.15) is 9.84 Å². The third kappa shape index (κ3) is 2.46. The highest BCUT2D eigenvalue weighted by Crippen LogP contribution is 2.56. The monoisotopic (exact) mass is 271 g/mol. The minimum Gasteiger partial charge on any atom is -0.327 e. The fourth-order valence-corrected chi connectivity index (χ4v) is 5.57. The lowest BCUT2D eigenvalue weighted by Crippen LogP contribution is -2.41. The van der Waals surface area contributed by atoms with Gasteiger partial charge in [0, 0.05) is 12.3 Å². The van der Waals surface area contributed by atoms with E-state index in [1.54, 1.807) is 0 Å². The van der Waals surface area contributed by atoms with E-state index in [9.17, 15) is 8.42 Å². The Kier molecular flexibility index (Phi) is 3.22. The lowest BCUT2D eigenvalue weighted by atomic mass is 9.77. The molecule has 0 amide bonds. The highest BCUT2D eigenvalue weighted by molar-refractivity contribution is 7.91. The Bertz CT molecular complexity index is 410. The molecule has 0 spiro atoms. The Morgan fingerprint density at radius 3 is 2.28 bits per heavy atom. The lowest BCUT2D eigenvalue weighted by Gasteiger charge is -2.35. The molecule has 5 unspecified atom stereocenters. The second-order valence-corrected chi connectivity index (χ2v) is 9.27. The van der Waals surface area contributed by atoms with Crippen molar-refractivity contribution in [3.63, 3.8) is 0 Å². The molecule has 0 aromatic rings. The van der Waals surface area contributed by atoms with E-state index < -0.39 is 9.84 Å². The predicted octanol–water partition coefficient (Wildman–Crippen LogP) is 1.96. The summed E-state index contributed by atoms with van der Waals surface area (Å²) < 4.78 is 23.4. The fraction of sp³-hybridized carbons (Fsp3) is 1.00. The molecule has 0 aromatic heterocycles. The van der Waals surface area contributed by atoms with Gasteiger partial charge in [-0.15, -0.1) is 0 Å². The second kappa shape index (κ2) is 4.48. The molecule has 3 nitrogen and oxygen atoms in total. The van der Waals surface area contributed by atoms with E-state index in [2.05, 4.69) is 0 Å². The number of fused-ring (bicyclic) bond motifs is 1. The van der Waals surface area contributed by atoms with Crippen LogP contribution >= 0.6 is 0 Å². The summed E-state index contributed by atoms with van der Waals surface area (Å²) in [5.41, 5.74) is 6.45. The van der Waals surface area contributed by atoms with Gasteiger partial charge in [0.15, 0.2) is 0 Å². The van der Waals surface area contributed by atoms with Crippen LogP contribution in [0.3, 0.4) is 0 Å². The van der Waals surface area contributed by atoms with E-state index in [0.717, 1.165) is 37.5 Å². The lowest BCUT2D eigenvalue weighted by molar-refractivity contribution is 0.237. The number of rotatable bonds is 3. The molecule has 0 bridgehead atoms. The largest absolute Gasteiger partial charge is 0.327 e. The molecule has 0 heterocycles. The number of nitrogens with two attached hydrogens (primary N) is 1. The van der Waals surface area contributed by atoms with E-state index in [-0.39, 0.29) is 11.3 Å². The van der Waals surface area contributed by atoms with E-state index in [1.165, 1.54) is 25.5 Å². The van der Waals surface area contributed by atoms with Gasteiger partial charge < -0.3 is 5.73 Å². The van der Waals surface area contributed by atoms with Crippen molar-refractivity contribution < 1.29 is 8.42 Å². The second-order valence-electron chi connectivity index (χ2n) is 6.94. The van der Waals surface area contributed by atoms with Crippen LogP contribution in [0, 0.1) is 23.7 Å². The first kappa shape index (κ1) is 12.9. The zero-order chi connectivity index (χ0) is 12.9. The fourth-order valence-electron chi connectivity index (χ4n) is 4.38. The van der Waals surface area contributed by atoms with Gasteiger partial charge in [-0.05, 0) is 62.2 Å². The summed E-state index contributed by atoms with van der Waals surface area (Å²) in [5.74, 6) is 3.06. The molecule has 4 heteroatoms. The Morgan fingerprint density at radius 2 is 1.67 bits per heavy atom. The Labute approximate surface area is 110 Å². The summed E-state index contributed by atoms with van der Waals surface area (Å²) in [6.45, 7) is 0. The summed E-state index contributed by atoms with van der Waals surface area (Å²) in [7, 11) is -2.87. The quantitative estimate of drug-likeness (QED) is 0.853. The Hall–Kier alpha value is -0.0900. The van der Waals surface area contributed by atoms with Crippen molar-refractivity contribution >= 4 is 9.84 Å². The maximum atomic E-state index is 11.7. The van der Waals surface area contributed by atoms with Crippen LogP contribution in [-0.4, -0.2) is 26.0 Å². The molecule has 5 atom stereocenters. The van der Waals surface area contributed by atoms with Gasteiger partial charge in [-0.3, -0.25) is 0 Å². The van der Waals surface area contributed by atoms with E-state index in [0.29, 0.717) is 11.8 Å². The molecule has 0 aromatic carbocycles. The first-order valence-corrected chi connectivity index (χ1v) is 9.35. The van der Waals surface area contributed by atoms with E-state index >= 15 is 0 Å². The highest BCUT2D eigenvalue weighted by Gasteiger charge is 2.48. The third-order valence-corrected chi connectivity index (χ3v) is 7.28. The first-order chi connectivity index (χ1) is 8.45. The zero-order valence-corrected chi connectivity index (χ0v) is 12.0. The molecule has 3 fully saturated rings. The minimum atomic E-state index is -2.87. The topological polar surface area (TPSA) is 60.2 Å². The molecular weight excluding hydrogens is 246 g/mol. The highest BCUT2D eigenvalue weighted by atomic mass is 32.2. The smallest absolute Gasteiger partial charge is 0.150 e. The summed E-state index contributed by atoms with van der Waals surface area (Å²) in [4.78, 5) is 0. The van der Waals surface area contributed by atoms with Crippen LogP contribution in [0.2, 0.25) is 0 Å². The SMILES string of the molecule is CS(=O)(=O)C1CCCC(C(N)C2CC3CC3C2)C1.